The second-order valence-corrected chi connectivity index (χ2v) is 4.75. The molecule has 114 valence electrons. The van der Waals surface area contributed by atoms with Gasteiger partial charge in [0.2, 0.25) is 0 Å². The number of aryl methyl sites for hydroxylation is 2. The molecular weight excluding hydrogens is 274 g/mol. The molecule has 2 heterocycles. The highest BCUT2D eigenvalue weighted by atomic mass is 16.5. The van der Waals surface area contributed by atoms with Crippen LogP contribution in [0.4, 0.5) is 0 Å². The van der Waals surface area contributed by atoms with Crippen LogP contribution in [0.3, 0.4) is 0 Å². The molecule has 1 amide bonds. The summed E-state index contributed by atoms with van der Waals surface area (Å²) in [6.45, 7) is 4.98. The van der Waals surface area contributed by atoms with Gasteiger partial charge in [-0.25, -0.2) is 0 Å². The van der Waals surface area contributed by atoms with E-state index >= 15 is 0 Å². The molecular formula is C13H19N5O3. The van der Waals surface area contributed by atoms with Gasteiger partial charge in [-0.1, -0.05) is 5.16 Å². The monoisotopic (exact) mass is 293 g/mol. The number of nitrogens with zero attached hydrogens (tertiary/aromatic N) is 4. The van der Waals surface area contributed by atoms with Crippen molar-refractivity contribution in [2.75, 3.05) is 13.7 Å². The van der Waals surface area contributed by atoms with Crippen molar-refractivity contribution < 1.29 is 14.1 Å². The predicted octanol–water partition coefficient (Wildman–Crippen LogP) is 1.10. The Morgan fingerprint density at radius 1 is 1.57 bits per heavy atom. The molecule has 0 spiro atoms. The molecule has 8 nitrogen and oxygen atoms in total. The van der Waals surface area contributed by atoms with Crippen molar-refractivity contribution in [2.45, 2.75) is 32.9 Å². The number of ether oxygens (including phenoxy) is 1. The number of nitrogens with one attached hydrogen (secondary N) is 1. The van der Waals surface area contributed by atoms with Gasteiger partial charge in [0.1, 0.15) is 12.1 Å². The van der Waals surface area contributed by atoms with E-state index in [1.807, 2.05) is 11.5 Å². The van der Waals surface area contributed by atoms with Crippen molar-refractivity contribution >= 4 is 5.91 Å². The molecule has 0 unspecified atom stereocenters. The SMILES string of the molecule is COCCCn1cnnc1[C@H](C)NC(=O)c1cc(C)on1. The Morgan fingerprint density at radius 2 is 2.38 bits per heavy atom. The number of amides is 1. The standard InChI is InChI=1S/C13H19N5O3/c1-9-7-11(17-21-9)13(19)15-10(2)12-16-14-8-18(12)5-4-6-20-3/h7-8,10H,4-6H2,1-3H3,(H,15,19)/t10-/m0/s1. The summed E-state index contributed by atoms with van der Waals surface area (Å²) in [5.74, 6) is 0.987. The Kier molecular flexibility index (Phi) is 5.04. The highest BCUT2D eigenvalue weighted by Gasteiger charge is 2.18. The first-order chi connectivity index (χ1) is 10.1. The van der Waals surface area contributed by atoms with Crippen LogP contribution in [-0.4, -0.2) is 39.5 Å². The van der Waals surface area contributed by atoms with Gasteiger partial charge in [0.15, 0.2) is 11.5 Å². The first-order valence-electron chi connectivity index (χ1n) is 6.72. The van der Waals surface area contributed by atoms with E-state index in [1.165, 1.54) is 0 Å². The summed E-state index contributed by atoms with van der Waals surface area (Å²) in [4.78, 5) is 12.0. The van der Waals surface area contributed by atoms with Crippen LogP contribution in [0.2, 0.25) is 0 Å². The van der Waals surface area contributed by atoms with Crippen LogP contribution in [-0.2, 0) is 11.3 Å². The molecule has 0 saturated carbocycles. The minimum atomic E-state index is -0.300. The van der Waals surface area contributed by atoms with Gasteiger partial charge in [0.25, 0.3) is 5.91 Å². The lowest BCUT2D eigenvalue weighted by Gasteiger charge is -2.13. The van der Waals surface area contributed by atoms with Crippen molar-refractivity contribution in [3.8, 4) is 0 Å². The summed E-state index contributed by atoms with van der Waals surface area (Å²) in [5, 5.41) is 14.5. The highest BCUT2D eigenvalue weighted by Crippen LogP contribution is 2.11. The van der Waals surface area contributed by atoms with Crippen LogP contribution < -0.4 is 5.32 Å². The molecule has 21 heavy (non-hydrogen) atoms. The minimum Gasteiger partial charge on any atom is -0.385 e. The van der Waals surface area contributed by atoms with Gasteiger partial charge >= 0.3 is 0 Å². The Labute approximate surface area is 122 Å². The van der Waals surface area contributed by atoms with Gasteiger partial charge in [0, 0.05) is 26.3 Å². The molecule has 8 heteroatoms. The fourth-order valence-corrected chi connectivity index (χ4v) is 1.96. The second-order valence-electron chi connectivity index (χ2n) is 4.75. The molecule has 0 radical (unpaired) electrons. The third-order valence-corrected chi connectivity index (χ3v) is 2.99. The van der Waals surface area contributed by atoms with Gasteiger partial charge in [-0.2, -0.15) is 0 Å². The minimum absolute atomic E-state index is 0.254. The maximum atomic E-state index is 12.0. The summed E-state index contributed by atoms with van der Waals surface area (Å²) in [6, 6.07) is 1.31. The Hall–Kier alpha value is -2.22. The van der Waals surface area contributed by atoms with E-state index in [-0.39, 0.29) is 17.6 Å². The summed E-state index contributed by atoms with van der Waals surface area (Å²) in [7, 11) is 1.66. The number of hydrogen-bond donors (Lipinski definition) is 1. The summed E-state index contributed by atoms with van der Waals surface area (Å²) < 4.78 is 11.8. The number of aromatic nitrogens is 4. The topological polar surface area (TPSA) is 95.1 Å². The van der Waals surface area contributed by atoms with Crippen LogP contribution in [0, 0.1) is 6.92 Å². The van der Waals surface area contributed by atoms with E-state index in [0.29, 0.717) is 18.2 Å². The van der Waals surface area contributed by atoms with Crippen molar-refractivity contribution in [2.24, 2.45) is 0 Å². The van der Waals surface area contributed by atoms with Crippen LogP contribution in [0.15, 0.2) is 16.9 Å². The highest BCUT2D eigenvalue weighted by molar-refractivity contribution is 5.92. The molecule has 2 aromatic rings. The van der Waals surface area contributed by atoms with E-state index in [2.05, 4.69) is 20.7 Å². The molecule has 0 aliphatic carbocycles. The van der Waals surface area contributed by atoms with E-state index < -0.39 is 0 Å². The van der Waals surface area contributed by atoms with Crippen LogP contribution >= 0.6 is 0 Å². The van der Waals surface area contributed by atoms with Crippen molar-refractivity contribution in [3.05, 3.63) is 29.7 Å². The van der Waals surface area contributed by atoms with Gasteiger partial charge in [-0.05, 0) is 20.3 Å². The molecule has 1 atom stereocenters. The normalized spacial score (nSPS) is 12.3. The zero-order valence-electron chi connectivity index (χ0n) is 12.4. The lowest BCUT2D eigenvalue weighted by Crippen LogP contribution is -2.29. The first kappa shape index (κ1) is 15.2. The maximum Gasteiger partial charge on any atom is 0.274 e. The number of carbonyl (C=O) groups excluding carboxylic acids is 1. The van der Waals surface area contributed by atoms with Gasteiger partial charge in [-0.3, -0.25) is 4.79 Å². The zero-order chi connectivity index (χ0) is 15.2. The molecule has 0 aliphatic heterocycles. The Morgan fingerprint density at radius 3 is 3.05 bits per heavy atom. The summed E-state index contributed by atoms with van der Waals surface area (Å²) >= 11 is 0. The van der Waals surface area contributed by atoms with E-state index in [1.54, 1.807) is 26.4 Å². The Balaban J connectivity index is 1.98. The molecule has 0 bridgehead atoms. The largest absolute Gasteiger partial charge is 0.385 e. The molecule has 0 saturated heterocycles. The number of methoxy groups -OCH3 is 1. The maximum absolute atomic E-state index is 12.0. The van der Waals surface area contributed by atoms with E-state index in [0.717, 1.165) is 13.0 Å². The molecule has 2 rings (SSSR count). The molecule has 0 aromatic carbocycles. The van der Waals surface area contributed by atoms with Crippen molar-refractivity contribution in [1.82, 2.24) is 25.2 Å². The van der Waals surface area contributed by atoms with E-state index in [4.69, 9.17) is 9.26 Å². The molecule has 2 aromatic heterocycles. The van der Waals surface area contributed by atoms with Crippen LogP contribution in [0.25, 0.3) is 0 Å². The Bertz CT molecular complexity index is 592. The number of rotatable bonds is 7. The third kappa shape index (κ3) is 3.88. The summed E-state index contributed by atoms with van der Waals surface area (Å²) in [6.07, 6.45) is 2.50. The number of hydrogen-bond acceptors (Lipinski definition) is 6. The van der Waals surface area contributed by atoms with Gasteiger partial charge in [0.05, 0.1) is 6.04 Å². The average Bonchev–Trinajstić information content (AvgIpc) is 3.08. The van der Waals surface area contributed by atoms with Crippen LogP contribution in [0.1, 0.15) is 41.5 Å². The average molecular weight is 293 g/mol. The third-order valence-electron chi connectivity index (χ3n) is 2.99. The number of carbonyl (C=O) groups is 1. The second kappa shape index (κ2) is 6.98. The lowest BCUT2D eigenvalue weighted by molar-refractivity contribution is 0.0928. The lowest BCUT2D eigenvalue weighted by atomic mass is 10.2. The van der Waals surface area contributed by atoms with Gasteiger partial charge < -0.3 is 19.1 Å². The smallest absolute Gasteiger partial charge is 0.274 e. The van der Waals surface area contributed by atoms with Gasteiger partial charge in [-0.15, -0.1) is 10.2 Å². The van der Waals surface area contributed by atoms with Crippen molar-refractivity contribution in [3.63, 3.8) is 0 Å². The van der Waals surface area contributed by atoms with Crippen molar-refractivity contribution in [1.29, 1.82) is 0 Å². The zero-order valence-corrected chi connectivity index (χ0v) is 12.4. The summed E-state index contributed by atoms with van der Waals surface area (Å²) in [5.41, 5.74) is 0.254. The fraction of sp³-hybridized carbons (Fsp3) is 0.538. The first-order valence-corrected chi connectivity index (χ1v) is 6.72. The fourth-order valence-electron chi connectivity index (χ4n) is 1.96. The van der Waals surface area contributed by atoms with E-state index in [9.17, 15) is 4.79 Å². The molecule has 0 aliphatic rings. The quantitative estimate of drug-likeness (QED) is 0.768. The molecule has 1 N–H and O–H groups in total. The van der Waals surface area contributed by atoms with Crippen LogP contribution in [0.5, 0.6) is 0 Å². The predicted molar refractivity (Wildman–Crippen MR) is 73.6 cm³/mol. The molecule has 0 fully saturated rings.